The predicted octanol–water partition coefficient (Wildman–Crippen LogP) is 4.62. The van der Waals surface area contributed by atoms with Gasteiger partial charge in [0.15, 0.2) is 0 Å². The normalized spacial score (nSPS) is 16.0. The smallest absolute Gasteiger partial charge is 0.410 e. The maximum atomic E-state index is 12.4. The maximum Gasteiger partial charge on any atom is 0.410 e. The van der Waals surface area contributed by atoms with Crippen LogP contribution in [0.4, 0.5) is 10.5 Å². The summed E-state index contributed by atoms with van der Waals surface area (Å²) >= 11 is 0. The summed E-state index contributed by atoms with van der Waals surface area (Å²) in [5, 5.41) is 4.88. The zero-order valence-electron chi connectivity index (χ0n) is 23.7. The van der Waals surface area contributed by atoms with Gasteiger partial charge in [-0.1, -0.05) is 12.1 Å². The van der Waals surface area contributed by atoms with Crippen LogP contribution >= 0.6 is 0 Å². The molecule has 212 valence electrons. The van der Waals surface area contributed by atoms with Crippen molar-refractivity contribution in [2.45, 2.75) is 38.8 Å². The standard InChI is InChI=1S/C31H35N7O3/c1-31(2,3)41-30(39)37-15-13-36(14-16-37)24-8-6-22(7-9-24)17-28-33-12-10-27(34-28)26-19-38(25-20-40-21-25)35-29(26)23-5-4-11-32-18-23/h4-12,18-19,25H,13-17,20-21H2,1-3H3. The third-order valence-corrected chi connectivity index (χ3v) is 7.24. The highest BCUT2D eigenvalue weighted by Gasteiger charge is 2.26. The summed E-state index contributed by atoms with van der Waals surface area (Å²) in [6.45, 7) is 9.82. The Morgan fingerprint density at radius 2 is 1.80 bits per heavy atom. The molecule has 3 aromatic heterocycles. The van der Waals surface area contributed by atoms with Crippen molar-refractivity contribution in [3.63, 3.8) is 0 Å². The molecule has 10 nitrogen and oxygen atoms in total. The van der Waals surface area contributed by atoms with Gasteiger partial charge in [-0.05, 0) is 56.7 Å². The Morgan fingerprint density at radius 3 is 2.46 bits per heavy atom. The molecule has 2 aliphatic heterocycles. The van der Waals surface area contributed by atoms with Crippen molar-refractivity contribution in [2.24, 2.45) is 0 Å². The predicted molar refractivity (Wildman–Crippen MR) is 156 cm³/mol. The molecule has 5 heterocycles. The number of amides is 1. The Bertz CT molecular complexity index is 1490. The Kier molecular flexibility index (Phi) is 7.40. The first-order chi connectivity index (χ1) is 19.8. The summed E-state index contributed by atoms with van der Waals surface area (Å²) < 4.78 is 12.9. The molecule has 0 atom stereocenters. The summed E-state index contributed by atoms with van der Waals surface area (Å²) in [5.74, 6) is 0.748. The molecular formula is C31H35N7O3. The first-order valence-electron chi connectivity index (χ1n) is 14.0. The number of benzene rings is 1. The first-order valence-corrected chi connectivity index (χ1v) is 14.0. The monoisotopic (exact) mass is 553 g/mol. The number of aromatic nitrogens is 5. The lowest BCUT2D eigenvalue weighted by Gasteiger charge is -2.36. The molecule has 1 aromatic carbocycles. The molecule has 4 aromatic rings. The van der Waals surface area contributed by atoms with E-state index >= 15 is 0 Å². The van der Waals surface area contributed by atoms with Crippen molar-refractivity contribution < 1.29 is 14.3 Å². The Balaban J connectivity index is 1.14. The molecule has 0 radical (unpaired) electrons. The number of nitrogens with zero attached hydrogens (tertiary/aromatic N) is 7. The van der Waals surface area contributed by atoms with Gasteiger partial charge in [0, 0.05) is 74.2 Å². The van der Waals surface area contributed by atoms with Crippen molar-refractivity contribution in [3.8, 4) is 22.5 Å². The molecule has 2 saturated heterocycles. The molecule has 0 unspecified atom stereocenters. The van der Waals surface area contributed by atoms with Gasteiger partial charge in [0.1, 0.15) is 17.1 Å². The Hall–Kier alpha value is -4.31. The van der Waals surface area contributed by atoms with Crippen LogP contribution in [0.5, 0.6) is 0 Å². The minimum atomic E-state index is -0.484. The largest absolute Gasteiger partial charge is 0.444 e. The van der Waals surface area contributed by atoms with E-state index in [9.17, 15) is 4.79 Å². The summed E-state index contributed by atoms with van der Waals surface area (Å²) in [6.07, 6.45) is 7.83. The van der Waals surface area contributed by atoms with Crippen LogP contribution in [0, 0.1) is 0 Å². The number of hydrogen-bond acceptors (Lipinski definition) is 8. The molecule has 0 aliphatic carbocycles. The lowest BCUT2D eigenvalue weighted by atomic mass is 10.1. The van der Waals surface area contributed by atoms with Gasteiger partial charge in [-0.3, -0.25) is 9.67 Å². The van der Waals surface area contributed by atoms with Crippen LogP contribution in [-0.4, -0.2) is 80.7 Å². The molecule has 0 spiro atoms. The lowest BCUT2D eigenvalue weighted by molar-refractivity contribution is -0.0285. The second-order valence-electron chi connectivity index (χ2n) is 11.5. The third kappa shape index (κ3) is 6.22. The number of pyridine rings is 1. The summed E-state index contributed by atoms with van der Waals surface area (Å²) in [6, 6.07) is 14.6. The van der Waals surface area contributed by atoms with Gasteiger partial charge in [0.05, 0.1) is 24.9 Å². The quantitative estimate of drug-likeness (QED) is 0.341. The van der Waals surface area contributed by atoms with E-state index < -0.39 is 5.60 Å². The van der Waals surface area contributed by atoms with Gasteiger partial charge in [-0.15, -0.1) is 0 Å². The molecule has 10 heteroatoms. The van der Waals surface area contributed by atoms with E-state index in [0.717, 1.165) is 52.7 Å². The van der Waals surface area contributed by atoms with E-state index in [1.165, 1.54) is 0 Å². The highest BCUT2D eigenvalue weighted by Crippen LogP contribution is 2.32. The van der Waals surface area contributed by atoms with Gasteiger partial charge < -0.3 is 19.3 Å². The minimum absolute atomic E-state index is 0.235. The van der Waals surface area contributed by atoms with Crippen LogP contribution in [0.1, 0.15) is 38.2 Å². The number of piperazine rings is 1. The second kappa shape index (κ2) is 11.3. The number of rotatable bonds is 6. The number of carbonyl (C=O) groups excluding carboxylic acids is 1. The molecule has 6 rings (SSSR count). The van der Waals surface area contributed by atoms with Crippen molar-refractivity contribution in [2.75, 3.05) is 44.3 Å². The van der Waals surface area contributed by atoms with Crippen LogP contribution in [0.25, 0.3) is 22.5 Å². The molecule has 1 amide bonds. The van der Waals surface area contributed by atoms with E-state index in [-0.39, 0.29) is 12.1 Å². The maximum absolute atomic E-state index is 12.4. The fourth-order valence-electron chi connectivity index (χ4n) is 4.97. The Labute approximate surface area is 240 Å². The highest BCUT2D eigenvalue weighted by molar-refractivity contribution is 5.78. The molecule has 0 bridgehead atoms. The summed E-state index contributed by atoms with van der Waals surface area (Å²) in [5.41, 5.74) is 5.38. The molecule has 0 saturated carbocycles. The van der Waals surface area contributed by atoms with Gasteiger partial charge in [-0.2, -0.15) is 5.10 Å². The van der Waals surface area contributed by atoms with E-state index in [4.69, 9.17) is 19.6 Å². The number of anilines is 1. The van der Waals surface area contributed by atoms with Gasteiger partial charge >= 0.3 is 6.09 Å². The van der Waals surface area contributed by atoms with E-state index in [1.54, 1.807) is 11.1 Å². The fourth-order valence-corrected chi connectivity index (χ4v) is 4.97. The first kappa shape index (κ1) is 26.9. The van der Waals surface area contributed by atoms with Crippen molar-refractivity contribution >= 4 is 11.8 Å². The van der Waals surface area contributed by atoms with E-state index in [0.29, 0.717) is 32.7 Å². The molecule has 41 heavy (non-hydrogen) atoms. The average molecular weight is 554 g/mol. The summed E-state index contributed by atoms with van der Waals surface area (Å²) in [7, 11) is 0. The third-order valence-electron chi connectivity index (χ3n) is 7.24. The molecule has 0 N–H and O–H groups in total. The van der Waals surface area contributed by atoms with Gasteiger partial charge in [0.2, 0.25) is 0 Å². The average Bonchev–Trinajstić information content (AvgIpc) is 3.37. The zero-order chi connectivity index (χ0) is 28.4. The fraction of sp³-hybridized carbons (Fsp3) is 0.387. The van der Waals surface area contributed by atoms with Crippen molar-refractivity contribution in [3.05, 3.63) is 78.6 Å². The van der Waals surface area contributed by atoms with Crippen LogP contribution in [-0.2, 0) is 15.9 Å². The van der Waals surface area contributed by atoms with Crippen molar-refractivity contribution in [1.82, 2.24) is 29.6 Å². The van der Waals surface area contributed by atoms with E-state index in [2.05, 4.69) is 45.3 Å². The van der Waals surface area contributed by atoms with Crippen LogP contribution in [0.15, 0.2) is 67.3 Å². The Morgan fingerprint density at radius 1 is 1.02 bits per heavy atom. The molecule has 2 aliphatic rings. The van der Waals surface area contributed by atoms with E-state index in [1.807, 2.05) is 56.0 Å². The number of ether oxygens (including phenoxy) is 2. The summed E-state index contributed by atoms with van der Waals surface area (Å²) in [4.78, 5) is 30.2. The van der Waals surface area contributed by atoms with Crippen molar-refractivity contribution in [1.29, 1.82) is 0 Å². The highest BCUT2D eigenvalue weighted by atomic mass is 16.6. The SMILES string of the molecule is CC(C)(C)OC(=O)N1CCN(c2ccc(Cc3nccc(-c4cn(C5COC5)nc4-c4cccnc4)n3)cc2)CC1. The van der Waals surface area contributed by atoms with Gasteiger partial charge in [-0.25, -0.2) is 14.8 Å². The van der Waals surface area contributed by atoms with Gasteiger partial charge in [0.25, 0.3) is 0 Å². The zero-order valence-corrected chi connectivity index (χ0v) is 23.7. The lowest BCUT2D eigenvalue weighted by Crippen LogP contribution is -2.50. The number of carbonyl (C=O) groups is 1. The number of hydrogen-bond donors (Lipinski definition) is 0. The van der Waals surface area contributed by atoms with Crippen LogP contribution < -0.4 is 4.90 Å². The molecule has 2 fully saturated rings. The van der Waals surface area contributed by atoms with Crippen LogP contribution in [0.3, 0.4) is 0 Å². The topological polar surface area (TPSA) is 98.5 Å². The minimum Gasteiger partial charge on any atom is -0.444 e. The second-order valence-corrected chi connectivity index (χ2v) is 11.5. The molecular weight excluding hydrogens is 518 g/mol. The van der Waals surface area contributed by atoms with Crippen LogP contribution in [0.2, 0.25) is 0 Å².